The van der Waals surface area contributed by atoms with Crippen LogP contribution in [-0.4, -0.2) is 36.0 Å². The van der Waals surface area contributed by atoms with Crippen LogP contribution in [0.5, 0.6) is 0 Å². The molecule has 0 saturated heterocycles. The van der Waals surface area contributed by atoms with E-state index in [0.29, 0.717) is 0 Å². The molecule has 0 aromatic heterocycles. The second kappa shape index (κ2) is 6.83. The number of halogens is 4. The third-order valence-corrected chi connectivity index (χ3v) is 2.84. The first-order valence-corrected chi connectivity index (χ1v) is 6.25. The summed E-state index contributed by atoms with van der Waals surface area (Å²) in [5.41, 5.74) is 0.202. The van der Waals surface area contributed by atoms with Crippen molar-refractivity contribution in [3.63, 3.8) is 0 Å². The van der Waals surface area contributed by atoms with Crippen molar-refractivity contribution in [2.75, 3.05) is 13.1 Å². The van der Waals surface area contributed by atoms with E-state index in [1.165, 1.54) is 18.2 Å². The van der Waals surface area contributed by atoms with Gasteiger partial charge < -0.3 is 0 Å². The molecule has 0 aliphatic heterocycles. The highest BCUT2D eigenvalue weighted by atomic mass is 19.4. The number of ketones is 1. The van der Waals surface area contributed by atoms with Gasteiger partial charge in [-0.05, 0) is 25.5 Å². The molecule has 1 aromatic carbocycles. The molecule has 0 fully saturated rings. The number of alkyl halides is 3. The molecule has 0 atom stereocenters. The third kappa shape index (κ3) is 5.69. The Morgan fingerprint density at radius 1 is 1.25 bits per heavy atom. The first kappa shape index (κ1) is 16.6. The Morgan fingerprint density at radius 2 is 1.85 bits per heavy atom. The standard InChI is InChI=1S/C14H17F4NO/c1-10(2)19(9-14(16,17)18)8-12(20)7-11-5-3-4-6-13(11)15/h3-6,10H,7-9H2,1-2H3. The molecule has 1 rings (SSSR count). The van der Waals surface area contributed by atoms with E-state index < -0.39 is 30.4 Å². The second-order valence-electron chi connectivity index (χ2n) is 4.92. The molecule has 0 spiro atoms. The molecule has 0 amide bonds. The van der Waals surface area contributed by atoms with E-state index in [2.05, 4.69) is 0 Å². The van der Waals surface area contributed by atoms with Gasteiger partial charge in [-0.25, -0.2) is 4.39 Å². The van der Waals surface area contributed by atoms with Gasteiger partial charge in [-0.3, -0.25) is 9.69 Å². The largest absolute Gasteiger partial charge is 0.401 e. The number of benzene rings is 1. The Balaban J connectivity index is 2.65. The molecular formula is C14H17F4NO. The molecule has 6 heteroatoms. The molecular weight excluding hydrogens is 274 g/mol. The van der Waals surface area contributed by atoms with Crippen molar-refractivity contribution in [2.24, 2.45) is 0 Å². The second-order valence-corrected chi connectivity index (χ2v) is 4.92. The molecule has 1 aromatic rings. The van der Waals surface area contributed by atoms with Crippen LogP contribution in [0.25, 0.3) is 0 Å². The molecule has 2 nitrogen and oxygen atoms in total. The van der Waals surface area contributed by atoms with Crippen LogP contribution >= 0.6 is 0 Å². The predicted octanol–water partition coefficient (Wildman–Crippen LogP) is 3.21. The maximum atomic E-state index is 13.4. The van der Waals surface area contributed by atoms with Crippen molar-refractivity contribution in [2.45, 2.75) is 32.5 Å². The summed E-state index contributed by atoms with van der Waals surface area (Å²) in [6.07, 6.45) is -4.56. The number of carbonyl (C=O) groups excluding carboxylic acids is 1. The van der Waals surface area contributed by atoms with Crippen molar-refractivity contribution in [3.05, 3.63) is 35.6 Å². The highest BCUT2D eigenvalue weighted by molar-refractivity contribution is 5.82. The van der Waals surface area contributed by atoms with Crippen LogP contribution in [0, 0.1) is 5.82 Å². The Hall–Kier alpha value is -1.43. The lowest BCUT2D eigenvalue weighted by molar-refractivity contribution is -0.151. The summed E-state index contributed by atoms with van der Waals surface area (Å²) in [5, 5.41) is 0. The molecule has 0 saturated carbocycles. The fourth-order valence-electron chi connectivity index (χ4n) is 1.79. The van der Waals surface area contributed by atoms with E-state index >= 15 is 0 Å². The lowest BCUT2D eigenvalue weighted by atomic mass is 10.1. The Morgan fingerprint density at radius 3 is 2.35 bits per heavy atom. The van der Waals surface area contributed by atoms with Crippen molar-refractivity contribution < 1.29 is 22.4 Å². The first-order chi connectivity index (χ1) is 9.19. The highest BCUT2D eigenvalue weighted by Gasteiger charge is 2.32. The zero-order chi connectivity index (χ0) is 15.3. The predicted molar refractivity (Wildman–Crippen MR) is 67.9 cm³/mol. The van der Waals surface area contributed by atoms with Gasteiger partial charge in [0.2, 0.25) is 0 Å². The van der Waals surface area contributed by atoms with E-state index in [-0.39, 0.29) is 18.5 Å². The first-order valence-electron chi connectivity index (χ1n) is 6.25. The minimum atomic E-state index is -4.36. The molecule has 0 aliphatic carbocycles. The van der Waals surface area contributed by atoms with Crippen LogP contribution in [-0.2, 0) is 11.2 Å². The quantitative estimate of drug-likeness (QED) is 0.750. The smallest absolute Gasteiger partial charge is 0.298 e. The number of Topliss-reactive ketones (excluding diaryl/α,β-unsaturated/α-hetero) is 1. The number of carbonyl (C=O) groups is 1. The van der Waals surface area contributed by atoms with Crippen molar-refractivity contribution in [1.82, 2.24) is 4.90 Å². The summed E-state index contributed by atoms with van der Waals surface area (Å²) in [7, 11) is 0. The van der Waals surface area contributed by atoms with Gasteiger partial charge in [0.15, 0.2) is 5.78 Å². The lowest BCUT2D eigenvalue weighted by Gasteiger charge is -2.26. The van der Waals surface area contributed by atoms with Crippen LogP contribution in [0.15, 0.2) is 24.3 Å². The van der Waals surface area contributed by atoms with E-state index in [4.69, 9.17) is 0 Å². The topological polar surface area (TPSA) is 20.3 Å². The van der Waals surface area contributed by atoms with Crippen molar-refractivity contribution >= 4 is 5.78 Å². The van der Waals surface area contributed by atoms with Gasteiger partial charge in [0.25, 0.3) is 0 Å². The number of hydrogen-bond acceptors (Lipinski definition) is 2. The van der Waals surface area contributed by atoms with E-state index in [1.54, 1.807) is 19.9 Å². The Kier molecular flexibility index (Phi) is 5.68. The molecule has 0 bridgehead atoms. The molecule has 0 radical (unpaired) electrons. The van der Waals surface area contributed by atoms with Gasteiger partial charge in [-0.1, -0.05) is 18.2 Å². The fourth-order valence-corrected chi connectivity index (χ4v) is 1.79. The van der Waals surface area contributed by atoms with E-state index in [0.717, 1.165) is 4.90 Å². The Bertz CT molecular complexity index is 457. The van der Waals surface area contributed by atoms with Crippen LogP contribution < -0.4 is 0 Å². The maximum absolute atomic E-state index is 13.4. The molecule has 112 valence electrons. The molecule has 0 heterocycles. The van der Waals surface area contributed by atoms with Gasteiger partial charge in [-0.2, -0.15) is 13.2 Å². The fraction of sp³-hybridized carbons (Fsp3) is 0.500. The third-order valence-electron chi connectivity index (χ3n) is 2.84. The average Bonchev–Trinajstić information content (AvgIpc) is 2.29. The SMILES string of the molecule is CC(C)N(CC(=O)Cc1ccccc1F)CC(F)(F)F. The molecule has 0 N–H and O–H groups in total. The zero-order valence-corrected chi connectivity index (χ0v) is 11.4. The number of hydrogen-bond donors (Lipinski definition) is 0. The molecule has 20 heavy (non-hydrogen) atoms. The maximum Gasteiger partial charge on any atom is 0.401 e. The zero-order valence-electron chi connectivity index (χ0n) is 11.4. The summed E-state index contributed by atoms with van der Waals surface area (Å²) in [6.45, 7) is 1.68. The summed E-state index contributed by atoms with van der Waals surface area (Å²) < 4.78 is 50.6. The number of nitrogens with zero attached hydrogens (tertiary/aromatic N) is 1. The summed E-state index contributed by atoms with van der Waals surface area (Å²) in [6, 6.07) is 5.34. The van der Waals surface area contributed by atoms with E-state index in [9.17, 15) is 22.4 Å². The van der Waals surface area contributed by atoms with Crippen LogP contribution in [0.4, 0.5) is 17.6 Å². The van der Waals surface area contributed by atoms with E-state index in [1.807, 2.05) is 0 Å². The normalized spacial score (nSPS) is 12.2. The van der Waals surface area contributed by atoms with Crippen LogP contribution in [0.1, 0.15) is 19.4 Å². The van der Waals surface area contributed by atoms with Crippen LogP contribution in [0.3, 0.4) is 0 Å². The van der Waals surface area contributed by atoms with Crippen LogP contribution in [0.2, 0.25) is 0 Å². The molecule has 0 aliphatic rings. The average molecular weight is 291 g/mol. The number of rotatable bonds is 6. The molecule has 0 unspecified atom stereocenters. The van der Waals surface area contributed by atoms with Gasteiger partial charge in [0.05, 0.1) is 13.1 Å². The Labute approximate surface area is 115 Å². The van der Waals surface area contributed by atoms with Gasteiger partial charge in [0.1, 0.15) is 5.82 Å². The lowest BCUT2D eigenvalue weighted by Crippen LogP contribution is -2.42. The monoisotopic (exact) mass is 291 g/mol. The summed E-state index contributed by atoms with van der Waals surface area (Å²) in [4.78, 5) is 12.8. The summed E-state index contributed by atoms with van der Waals surface area (Å²) >= 11 is 0. The van der Waals surface area contributed by atoms with Gasteiger partial charge >= 0.3 is 6.18 Å². The minimum absolute atomic E-state index is 0.201. The highest BCUT2D eigenvalue weighted by Crippen LogP contribution is 2.18. The van der Waals surface area contributed by atoms with Gasteiger partial charge in [0, 0.05) is 12.5 Å². The van der Waals surface area contributed by atoms with Crippen molar-refractivity contribution in [1.29, 1.82) is 0 Å². The van der Waals surface area contributed by atoms with Gasteiger partial charge in [-0.15, -0.1) is 0 Å². The minimum Gasteiger partial charge on any atom is -0.298 e. The van der Waals surface area contributed by atoms with Crippen molar-refractivity contribution in [3.8, 4) is 0 Å². The summed E-state index contributed by atoms with van der Waals surface area (Å²) in [5.74, 6) is -0.958.